The van der Waals surface area contributed by atoms with Crippen molar-refractivity contribution in [3.05, 3.63) is 88.7 Å². The minimum atomic E-state index is -0.981. The van der Waals surface area contributed by atoms with Crippen molar-refractivity contribution in [3.63, 3.8) is 0 Å². The topological polar surface area (TPSA) is 67.5 Å². The van der Waals surface area contributed by atoms with Crippen LogP contribution in [-0.2, 0) is 6.42 Å². The molecule has 1 aromatic heterocycles. The molecule has 122 valence electrons. The van der Waals surface area contributed by atoms with Crippen LogP contribution in [0.1, 0.15) is 32.0 Å². The molecule has 1 N–H and O–H groups in total. The third-order valence-electron chi connectivity index (χ3n) is 4.27. The first-order valence-electron chi connectivity index (χ1n) is 7.88. The molecular formula is C21H14O4. The Morgan fingerprint density at radius 1 is 1.04 bits per heavy atom. The lowest BCUT2D eigenvalue weighted by Crippen LogP contribution is -1.95. The highest BCUT2D eigenvalue weighted by Crippen LogP contribution is 2.29. The van der Waals surface area contributed by atoms with E-state index in [1.165, 1.54) is 6.07 Å². The van der Waals surface area contributed by atoms with Gasteiger partial charge in [-0.25, -0.2) is 4.79 Å². The molecule has 0 bridgehead atoms. The van der Waals surface area contributed by atoms with Crippen LogP contribution in [0.4, 0.5) is 0 Å². The summed E-state index contributed by atoms with van der Waals surface area (Å²) in [4.78, 5) is 23.5. The number of hydrogen-bond donors (Lipinski definition) is 1. The molecule has 4 heteroatoms. The standard InChI is InChI=1S/C21H14O4/c22-20-16(10-13-4-1-2-7-18(13)20)12-17-8-9-19(25-17)14-5-3-6-15(11-14)21(23)24/h1-9,11-12H,10H2,(H,23,24)/b16-12+. The zero-order valence-electron chi connectivity index (χ0n) is 13.2. The van der Waals surface area contributed by atoms with E-state index in [1.807, 2.05) is 24.3 Å². The number of rotatable bonds is 3. The van der Waals surface area contributed by atoms with Gasteiger partial charge in [-0.1, -0.05) is 36.4 Å². The Balaban J connectivity index is 1.64. The molecule has 3 aromatic rings. The quantitative estimate of drug-likeness (QED) is 0.720. The molecule has 0 fully saturated rings. The maximum absolute atomic E-state index is 12.4. The van der Waals surface area contributed by atoms with Crippen LogP contribution in [-0.4, -0.2) is 16.9 Å². The van der Waals surface area contributed by atoms with E-state index in [-0.39, 0.29) is 11.3 Å². The van der Waals surface area contributed by atoms with Gasteiger partial charge in [0.1, 0.15) is 11.5 Å². The Morgan fingerprint density at radius 2 is 1.88 bits per heavy atom. The molecule has 0 spiro atoms. The van der Waals surface area contributed by atoms with Gasteiger partial charge in [-0.15, -0.1) is 0 Å². The average Bonchev–Trinajstić information content (AvgIpc) is 3.21. The average molecular weight is 330 g/mol. The van der Waals surface area contributed by atoms with Crippen LogP contribution >= 0.6 is 0 Å². The van der Waals surface area contributed by atoms with Crippen molar-refractivity contribution >= 4 is 17.8 Å². The summed E-state index contributed by atoms with van der Waals surface area (Å²) in [7, 11) is 0. The fourth-order valence-corrected chi connectivity index (χ4v) is 3.03. The van der Waals surface area contributed by atoms with Crippen LogP contribution in [0.3, 0.4) is 0 Å². The minimum Gasteiger partial charge on any atom is -0.478 e. The number of carbonyl (C=O) groups is 2. The van der Waals surface area contributed by atoms with E-state index in [1.54, 1.807) is 36.4 Å². The molecule has 1 aliphatic rings. The molecule has 1 aliphatic carbocycles. The lowest BCUT2D eigenvalue weighted by molar-refractivity contribution is 0.0696. The second-order valence-corrected chi connectivity index (χ2v) is 5.92. The Bertz CT molecular complexity index is 1020. The van der Waals surface area contributed by atoms with Crippen molar-refractivity contribution in [2.24, 2.45) is 0 Å². The van der Waals surface area contributed by atoms with Crippen LogP contribution in [0.25, 0.3) is 17.4 Å². The zero-order valence-corrected chi connectivity index (χ0v) is 13.2. The van der Waals surface area contributed by atoms with Crippen LogP contribution in [0, 0.1) is 0 Å². The van der Waals surface area contributed by atoms with Gasteiger partial charge in [0.2, 0.25) is 0 Å². The molecule has 0 aliphatic heterocycles. The summed E-state index contributed by atoms with van der Waals surface area (Å²) in [5.74, 6) is 0.191. The summed E-state index contributed by atoms with van der Waals surface area (Å²) >= 11 is 0. The molecule has 0 radical (unpaired) electrons. The molecule has 25 heavy (non-hydrogen) atoms. The molecule has 0 saturated carbocycles. The number of fused-ring (bicyclic) bond motifs is 1. The predicted octanol–water partition coefficient (Wildman–Crippen LogP) is 4.47. The monoisotopic (exact) mass is 330 g/mol. The summed E-state index contributed by atoms with van der Waals surface area (Å²) in [6.45, 7) is 0. The van der Waals surface area contributed by atoms with Gasteiger partial charge in [0, 0.05) is 23.1 Å². The molecule has 1 heterocycles. The van der Waals surface area contributed by atoms with Crippen molar-refractivity contribution < 1.29 is 19.1 Å². The predicted molar refractivity (Wildman–Crippen MR) is 93.6 cm³/mol. The van der Waals surface area contributed by atoms with Gasteiger partial charge < -0.3 is 9.52 Å². The maximum Gasteiger partial charge on any atom is 0.335 e. The summed E-state index contributed by atoms with van der Waals surface area (Å²) in [6.07, 6.45) is 2.35. The zero-order chi connectivity index (χ0) is 17.4. The van der Waals surface area contributed by atoms with Crippen molar-refractivity contribution in [2.45, 2.75) is 6.42 Å². The minimum absolute atomic E-state index is 0.0291. The van der Waals surface area contributed by atoms with Crippen LogP contribution in [0.15, 0.2) is 70.7 Å². The second kappa shape index (κ2) is 5.91. The molecule has 0 saturated heterocycles. The summed E-state index contributed by atoms with van der Waals surface area (Å²) < 4.78 is 5.79. The third kappa shape index (κ3) is 2.78. The fraction of sp³-hybridized carbons (Fsp3) is 0.0476. The van der Waals surface area contributed by atoms with Gasteiger partial charge in [0.05, 0.1) is 5.56 Å². The Labute approximate surface area is 144 Å². The first-order chi connectivity index (χ1) is 12.1. The van der Waals surface area contributed by atoms with Crippen molar-refractivity contribution in [1.82, 2.24) is 0 Å². The lowest BCUT2D eigenvalue weighted by atomic mass is 10.1. The number of benzene rings is 2. The van der Waals surface area contributed by atoms with Gasteiger partial charge in [-0.3, -0.25) is 4.79 Å². The first-order valence-corrected chi connectivity index (χ1v) is 7.88. The van der Waals surface area contributed by atoms with E-state index in [0.717, 1.165) is 11.1 Å². The van der Waals surface area contributed by atoms with Crippen LogP contribution in [0.5, 0.6) is 0 Å². The van der Waals surface area contributed by atoms with Gasteiger partial charge in [-0.2, -0.15) is 0 Å². The summed E-state index contributed by atoms with van der Waals surface area (Å²) in [5, 5.41) is 9.09. The van der Waals surface area contributed by atoms with Gasteiger partial charge in [0.15, 0.2) is 5.78 Å². The normalized spacial score (nSPS) is 14.7. The molecule has 2 aromatic carbocycles. The molecular weight excluding hydrogens is 316 g/mol. The maximum atomic E-state index is 12.4. The van der Waals surface area contributed by atoms with Crippen molar-refractivity contribution in [1.29, 1.82) is 0 Å². The number of carbonyl (C=O) groups excluding carboxylic acids is 1. The van der Waals surface area contributed by atoms with Gasteiger partial charge >= 0.3 is 5.97 Å². The van der Waals surface area contributed by atoms with E-state index >= 15 is 0 Å². The van der Waals surface area contributed by atoms with Crippen LogP contribution in [0.2, 0.25) is 0 Å². The molecule has 4 nitrogen and oxygen atoms in total. The number of hydrogen-bond acceptors (Lipinski definition) is 3. The Kier molecular flexibility index (Phi) is 3.58. The number of carboxylic acid groups (broad SMARTS) is 1. The Morgan fingerprint density at radius 3 is 2.68 bits per heavy atom. The number of aromatic carboxylic acids is 1. The number of furan rings is 1. The summed E-state index contributed by atoms with van der Waals surface area (Å²) in [6, 6.07) is 17.7. The van der Waals surface area contributed by atoms with E-state index in [4.69, 9.17) is 9.52 Å². The number of carboxylic acids is 1. The first kappa shape index (κ1) is 15.1. The largest absolute Gasteiger partial charge is 0.478 e. The molecule has 0 amide bonds. The van der Waals surface area contributed by atoms with Crippen molar-refractivity contribution in [2.75, 3.05) is 0 Å². The van der Waals surface area contributed by atoms with E-state index in [9.17, 15) is 9.59 Å². The molecule has 0 unspecified atom stereocenters. The lowest BCUT2D eigenvalue weighted by Gasteiger charge is -1.99. The smallest absolute Gasteiger partial charge is 0.335 e. The third-order valence-corrected chi connectivity index (χ3v) is 4.27. The van der Waals surface area contributed by atoms with E-state index in [2.05, 4.69) is 0 Å². The molecule has 0 atom stereocenters. The van der Waals surface area contributed by atoms with E-state index < -0.39 is 5.97 Å². The highest BCUT2D eigenvalue weighted by Gasteiger charge is 2.24. The number of Topliss-reactive ketones (excluding diaryl/α,β-unsaturated/α-hetero) is 1. The highest BCUT2D eigenvalue weighted by atomic mass is 16.4. The van der Waals surface area contributed by atoms with Crippen LogP contribution < -0.4 is 0 Å². The van der Waals surface area contributed by atoms with E-state index in [0.29, 0.717) is 29.1 Å². The van der Waals surface area contributed by atoms with Gasteiger partial charge in [0.25, 0.3) is 0 Å². The van der Waals surface area contributed by atoms with Crippen molar-refractivity contribution in [3.8, 4) is 11.3 Å². The second-order valence-electron chi connectivity index (χ2n) is 5.92. The van der Waals surface area contributed by atoms with Gasteiger partial charge in [-0.05, 0) is 35.9 Å². The fourth-order valence-electron chi connectivity index (χ4n) is 3.03. The Hall–Kier alpha value is -3.40. The highest BCUT2D eigenvalue weighted by molar-refractivity contribution is 6.15. The number of allylic oxidation sites excluding steroid dienone is 1. The molecule has 4 rings (SSSR count). The number of ketones is 1. The SMILES string of the molecule is O=C(O)c1cccc(-c2ccc(/C=C3\Cc4ccccc4C3=O)o2)c1. The summed E-state index contributed by atoms with van der Waals surface area (Å²) in [5.41, 5.74) is 3.36.